The predicted octanol–water partition coefficient (Wildman–Crippen LogP) is 2.36. The molecule has 108 valence electrons. The van der Waals surface area contributed by atoms with Gasteiger partial charge in [-0.1, -0.05) is 26.0 Å². The van der Waals surface area contributed by atoms with Crippen LogP contribution >= 0.6 is 15.9 Å². The van der Waals surface area contributed by atoms with Crippen molar-refractivity contribution in [3.8, 4) is 0 Å². The molecule has 0 fully saturated rings. The van der Waals surface area contributed by atoms with Crippen LogP contribution in [0.25, 0.3) is 0 Å². The number of sulfonamides is 1. The fraction of sp³-hybridized carbons (Fsp3) is 0.538. The Hall–Kier alpha value is -0.430. The molecule has 0 atom stereocenters. The van der Waals surface area contributed by atoms with Gasteiger partial charge in [0.2, 0.25) is 10.0 Å². The smallest absolute Gasteiger partial charge is 0.243 e. The van der Waals surface area contributed by atoms with E-state index in [9.17, 15) is 8.42 Å². The first-order valence-corrected chi connectivity index (χ1v) is 8.26. The molecule has 1 aromatic rings. The molecule has 0 saturated carbocycles. The second-order valence-corrected chi connectivity index (χ2v) is 8.32. The Bertz CT molecular complexity index is 556. The summed E-state index contributed by atoms with van der Waals surface area (Å²) in [7, 11) is -1.92. The highest BCUT2D eigenvalue weighted by molar-refractivity contribution is 9.10. The molecule has 0 saturated heterocycles. The third kappa shape index (κ3) is 3.78. The molecule has 0 radical (unpaired) electrons. The van der Waals surface area contributed by atoms with Crippen molar-refractivity contribution in [2.45, 2.75) is 25.7 Å². The molecule has 1 rings (SSSR count). The minimum atomic E-state index is -3.50. The molecule has 1 aromatic carbocycles. The van der Waals surface area contributed by atoms with Crippen molar-refractivity contribution in [3.05, 3.63) is 28.2 Å². The molecule has 4 nitrogen and oxygen atoms in total. The van der Waals surface area contributed by atoms with Crippen molar-refractivity contribution in [1.29, 1.82) is 0 Å². The van der Waals surface area contributed by atoms with Crippen LogP contribution in [-0.4, -0.2) is 32.9 Å². The van der Waals surface area contributed by atoms with Gasteiger partial charge in [0.25, 0.3) is 0 Å². The Morgan fingerprint density at radius 2 is 1.95 bits per heavy atom. The van der Waals surface area contributed by atoms with Crippen LogP contribution in [0.15, 0.2) is 27.6 Å². The first-order valence-electron chi connectivity index (χ1n) is 6.03. The minimum Gasteiger partial charge on any atom is -0.330 e. The standard InChI is InChI=1S/C13H21BrN2O2S/c1-10-6-5-7-11(12(10)14)19(17,18)16(4)9-13(2,3)8-15/h5-7H,8-9,15H2,1-4H3. The molecule has 0 aliphatic rings. The van der Waals surface area contributed by atoms with Crippen molar-refractivity contribution >= 4 is 26.0 Å². The lowest BCUT2D eigenvalue weighted by Crippen LogP contribution is -2.39. The third-order valence-corrected chi connectivity index (χ3v) is 6.21. The summed E-state index contributed by atoms with van der Waals surface area (Å²) in [5.74, 6) is 0. The van der Waals surface area contributed by atoms with Gasteiger partial charge in [0.05, 0.1) is 4.90 Å². The van der Waals surface area contributed by atoms with Crippen LogP contribution in [0.2, 0.25) is 0 Å². The van der Waals surface area contributed by atoms with Crippen molar-refractivity contribution in [1.82, 2.24) is 4.31 Å². The van der Waals surface area contributed by atoms with E-state index < -0.39 is 10.0 Å². The van der Waals surface area contributed by atoms with Crippen LogP contribution in [-0.2, 0) is 10.0 Å². The van der Waals surface area contributed by atoms with E-state index in [0.717, 1.165) is 5.56 Å². The second kappa shape index (κ2) is 5.91. The van der Waals surface area contributed by atoms with Gasteiger partial charge in [-0.05, 0) is 46.4 Å². The van der Waals surface area contributed by atoms with E-state index in [4.69, 9.17) is 5.73 Å². The molecule has 6 heteroatoms. The lowest BCUT2D eigenvalue weighted by atomic mass is 9.94. The van der Waals surface area contributed by atoms with Crippen LogP contribution in [0.4, 0.5) is 0 Å². The Labute approximate surface area is 124 Å². The summed E-state index contributed by atoms with van der Waals surface area (Å²) >= 11 is 3.35. The highest BCUT2D eigenvalue weighted by Crippen LogP contribution is 2.28. The van der Waals surface area contributed by atoms with E-state index in [0.29, 0.717) is 22.5 Å². The van der Waals surface area contributed by atoms with E-state index in [-0.39, 0.29) is 5.41 Å². The summed E-state index contributed by atoms with van der Waals surface area (Å²) in [6.45, 7) is 6.58. The van der Waals surface area contributed by atoms with Gasteiger partial charge in [-0.15, -0.1) is 0 Å². The van der Waals surface area contributed by atoms with Crippen molar-refractivity contribution in [2.75, 3.05) is 20.1 Å². The molecule has 0 aromatic heterocycles. The highest BCUT2D eigenvalue weighted by atomic mass is 79.9. The maximum atomic E-state index is 12.6. The molecule has 0 unspecified atom stereocenters. The molecule has 0 bridgehead atoms. The average molecular weight is 349 g/mol. The fourth-order valence-corrected chi connectivity index (χ4v) is 4.11. The fourth-order valence-electron chi connectivity index (χ4n) is 1.74. The lowest BCUT2D eigenvalue weighted by molar-refractivity contribution is 0.292. The monoisotopic (exact) mass is 348 g/mol. The van der Waals surface area contributed by atoms with E-state index in [2.05, 4.69) is 15.9 Å². The normalized spacial score (nSPS) is 13.0. The van der Waals surface area contributed by atoms with Crippen LogP contribution in [0.3, 0.4) is 0 Å². The molecular weight excluding hydrogens is 328 g/mol. The molecule has 0 spiro atoms. The average Bonchev–Trinajstić information content (AvgIpc) is 2.31. The molecule has 0 heterocycles. The second-order valence-electron chi connectivity index (χ2n) is 5.52. The maximum Gasteiger partial charge on any atom is 0.243 e. The molecular formula is C13H21BrN2O2S. The first kappa shape index (κ1) is 16.6. The minimum absolute atomic E-state index is 0.252. The summed E-state index contributed by atoms with van der Waals surface area (Å²) in [4.78, 5) is 0.294. The largest absolute Gasteiger partial charge is 0.330 e. The Balaban J connectivity index is 3.14. The Morgan fingerprint density at radius 1 is 1.37 bits per heavy atom. The van der Waals surface area contributed by atoms with Gasteiger partial charge in [0.15, 0.2) is 0 Å². The van der Waals surface area contributed by atoms with Crippen LogP contribution < -0.4 is 5.73 Å². The van der Waals surface area contributed by atoms with Gasteiger partial charge in [-0.3, -0.25) is 0 Å². The van der Waals surface area contributed by atoms with Gasteiger partial charge in [0.1, 0.15) is 0 Å². The number of halogens is 1. The summed E-state index contributed by atoms with van der Waals surface area (Å²) in [6, 6.07) is 5.22. The van der Waals surface area contributed by atoms with Gasteiger partial charge in [0, 0.05) is 18.1 Å². The SMILES string of the molecule is Cc1cccc(S(=O)(=O)N(C)CC(C)(C)CN)c1Br. The predicted molar refractivity (Wildman–Crippen MR) is 81.5 cm³/mol. The quantitative estimate of drug-likeness (QED) is 0.888. The molecule has 0 aliphatic carbocycles. The van der Waals surface area contributed by atoms with Crippen LogP contribution in [0, 0.1) is 12.3 Å². The number of benzene rings is 1. The van der Waals surface area contributed by atoms with E-state index >= 15 is 0 Å². The third-order valence-electron chi connectivity index (χ3n) is 3.05. The number of hydrogen-bond acceptors (Lipinski definition) is 3. The Morgan fingerprint density at radius 3 is 2.47 bits per heavy atom. The maximum absolute atomic E-state index is 12.6. The zero-order chi connectivity index (χ0) is 14.8. The first-order chi connectivity index (χ1) is 8.62. The molecule has 19 heavy (non-hydrogen) atoms. The summed E-state index contributed by atoms with van der Waals surface area (Å²) in [6.07, 6.45) is 0. The van der Waals surface area contributed by atoms with Gasteiger partial charge >= 0.3 is 0 Å². The topological polar surface area (TPSA) is 63.4 Å². The zero-order valence-corrected chi connectivity index (χ0v) is 14.2. The van der Waals surface area contributed by atoms with Gasteiger partial charge in [-0.25, -0.2) is 12.7 Å². The van der Waals surface area contributed by atoms with E-state index in [1.807, 2.05) is 26.8 Å². The molecule has 2 N–H and O–H groups in total. The van der Waals surface area contributed by atoms with Crippen LogP contribution in [0.5, 0.6) is 0 Å². The van der Waals surface area contributed by atoms with Crippen molar-refractivity contribution in [3.63, 3.8) is 0 Å². The number of aryl methyl sites for hydroxylation is 1. The number of rotatable bonds is 5. The van der Waals surface area contributed by atoms with E-state index in [1.165, 1.54) is 4.31 Å². The molecule has 0 amide bonds. The van der Waals surface area contributed by atoms with Crippen molar-refractivity contribution < 1.29 is 8.42 Å². The van der Waals surface area contributed by atoms with Crippen LogP contribution in [0.1, 0.15) is 19.4 Å². The number of nitrogens with zero attached hydrogens (tertiary/aromatic N) is 1. The number of hydrogen-bond donors (Lipinski definition) is 1. The highest BCUT2D eigenvalue weighted by Gasteiger charge is 2.28. The van der Waals surface area contributed by atoms with Gasteiger partial charge < -0.3 is 5.73 Å². The summed E-state index contributed by atoms with van der Waals surface area (Å²) in [5, 5.41) is 0. The summed E-state index contributed by atoms with van der Waals surface area (Å²) in [5.41, 5.74) is 6.30. The number of nitrogens with two attached hydrogens (primary N) is 1. The molecule has 0 aliphatic heterocycles. The summed E-state index contributed by atoms with van der Waals surface area (Å²) < 4.78 is 27.1. The zero-order valence-electron chi connectivity index (χ0n) is 11.8. The van der Waals surface area contributed by atoms with E-state index in [1.54, 1.807) is 19.2 Å². The van der Waals surface area contributed by atoms with Gasteiger partial charge in [-0.2, -0.15) is 0 Å². The lowest BCUT2D eigenvalue weighted by Gasteiger charge is -2.28. The Kier molecular flexibility index (Phi) is 5.17. The van der Waals surface area contributed by atoms with Crippen molar-refractivity contribution in [2.24, 2.45) is 11.1 Å².